The minimum atomic E-state index is -0.451. The fourth-order valence-electron chi connectivity index (χ4n) is 1.89. The first-order valence-electron chi connectivity index (χ1n) is 6.68. The van der Waals surface area contributed by atoms with Crippen molar-refractivity contribution in [1.29, 1.82) is 0 Å². The van der Waals surface area contributed by atoms with Crippen LogP contribution in [0.3, 0.4) is 0 Å². The molecule has 0 aliphatic rings. The zero-order valence-electron chi connectivity index (χ0n) is 12.8. The summed E-state index contributed by atoms with van der Waals surface area (Å²) in [6.45, 7) is 0.508. The lowest BCUT2D eigenvalue weighted by Gasteiger charge is -2.11. The molecule has 1 N–H and O–H groups in total. The number of carbonyl (C=O) groups excluding carboxylic acids is 1. The number of aromatic nitrogens is 1. The van der Waals surface area contributed by atoms with E-state index in [1.165, 1.54) is 14.2 Å². The lowest BCUT2D eigenvalue weighted by atomic mass is 10.2. The first kappa shape index (κ1) is 15.6. The molecule has 0 fully saturated rings. The third-order valence-electron chi connectivity index (χ3n) is 3.10. The quantitative estimate of drug-likeness (QED) is 0.827. The van der Waals surface area contributed by atoms with Crippen LogP contribution in [-0.2, 0) is 11.3 Å². The van der Waals surface area contributed by atoms with Gasteiger partial charge in [-0.15, -0.1) is 0 Å². The zero-order valence-corrected chi connectivity index (χ0v) is 12.8. The number of rotatable bonds is 6. The molecular formula is C16H18N2O4. The van der Waals surface area contributed by atoms with E-state index < -0.39 is 5.97 Å². The molecule has 0 aliphatic heterocycles. The van der Waals surface area contributed by atoms with Crippen molar-refractivity contribution in [2.75, 3.05) is 26.6 Å². The fourth-order valence-corrected chi connectivity index (χ4v) is 1.89. The summed E-state index contributed by atoms with van der Waals surface area (Å²) in [5.74, 6) is 1.18. The van der Waals surface area contributed by atoms with Gasteiger partial charge in [0.05, 0.1) is 21.3 Å². The van der Waals surface area contributed by atoms with Crippen molar-refractivity contribution in [2.45, 2.75) is 6.54 Å². The molecule has 2 rings (SSSR count). The van der Waals surface area contributed by atoms with Crippen LogP contribution in [0, 0.1) is 0 Å². The second kappa shape index (κ2) is 7.31. The summed E-state index contributed by atoms with van der Waals surface area (Å²) in [5.41, 5.74) is 1.39. The predicted molar refractivity (Wildman–Crippen MR) is 82.4 cm³/mol. The number of pyridine rings is 1. The molecule has 0 saturated carbocycles. The van der Waals surface area contributed by atoms with Crippen molar-refractivity contribution >= 4 is 11.8 Å². The molecule has 0 atom stereocenters. The molecule has 6 heteroatoms. The number of nitrogens with one attached hydrogen (secondary N) is 1. The van der Waals surface area contributed by atoms with Gasteiger partial charge in [0, 0.05) is 12.6 Å². The Morgan fingerprint density at radius 1 is 1.05 bits per heavy atom. The van der Waals surface area contributed by atoms with Crippen LogP contribution in [0.25, 0.3) is 0 Å². The molecule has 0 saturated heterocycles. The van der Waals surface area contributed by atoms with Gasteiger partial charge in [-0.05, 0) is 23.8 Å². The molecule has 2 aromatic rings. The summed E-state index contributed by atoms with van der Waals surface area (Å²) in [6.07, 6.45) is 0. The van der Waals surface area contributed by atoms with Crippen molar-refractivity contribution in [3.63, 3.8) is 0 Å². The number of carbonyl (C=O) groups is 1. The molecule has 22 heavy (non-hydrogen) atoms. The van der Waals surface area contributed by atoms with E-state index in [0.29, 0.717) is 23.8 Å². The SMILES string of the molecule is COC(=O)c1ccc(OC)nc1NCc1ccc(OC)cc1. The molecule has 1 aromatic carbocycles. The Morgan fingerprint density at radius 2 is 1.77 bits per heavy atom. The summed E-state index contributed by atoms with van der Waals surface area (Å²) >= 11 is 0. The average molecular weight is 302 g/mol. The number of anilines is 1. The number of nitrogens with zero attached hydrogens (tertiary/aromatic N) is 1. The van der Waals surface area contributed by atoms with Gasteiger partial charge in [0.2, 0.25) is 5.88 Å². The van der Waals surface area contributed by atoms with Gasteiger partial charge in [0.25, 0.3) is 0 Å². The molecule has 0 amide bonds. The molecule has 0 spiro atoms. The number of hydrogen-bond donors (Lipinski definition) is 1. The van der Waals surface area contributed by atoms with E-state index in [1.807, 2.05) is 24.3 Å². The number of esters is 1. The van der Waals surface area contributed by atoms with E-state index >= 15 is 0 Å². The third kappa shape index (κ3) is 3.66. The predicted octanol–water partition coefficient (Wildman–Crippen LogP) is 2.50. The number of ether oxygens (including phenoxy) is 3. The smallest absolute Gasteiger partial charge is 0.341 e. The van der Waals surface area contributed by atoms with Crippen LogP contribution in [0.1, 0.15) is 15.9 Å². The standard InChI is InChI=1S/C16H18N2O4/c1-20-12-6-4-11(5-7-12)10-17-15-13(16(19)22-3)8-9-14(18-15)21-2/h4-9H,10H2,1-3H3,(H,17,18). The van der Waals surface area contributed by atoms with E-state index in [9.17, 15) is 4.79 Å². The maximum Gasteiger partial charge on any atom is 0.341 e. The van der Waals surface area contributed by atoms with Gasteiger partial charge in [-0.2, -0.15) is 4.98 Å². The van der Waals surface area contributed by atoms with Crippen LogP contribution >= 0.6 is 0 Å². The highest BCUT2D eigenvalue weighted by atomic mass is 16.5. The lowest BCUT2D eigenvalue weighted by molar-refractivity contribution is 0.0601. The van der Waals surface area contributed by atoms with E-state index in [-0.39, 0.29) is 0 Å². The van der Waals surface area contributed by atoms with Crippen molar-refractivity contribution < 1.29 is 19.0 Å². The van der Waals surface area contributed by atoms with Gasteiger partial charge in [-0.3, -0.25) is 0 Å². The van der Waals surface area contributed by atoms with E-state index in [1.54, 1.807) is 19.2 Å². The van der Waals surface area contributed by atoms with E-state index in [2.05, 4.69) is 10.3 Å². The molecule has 0 bridgehead atoms. The Hall–Kier alpha value is -2.76. The number of methoxy groups -OCH3 is 3. The minimum Gasteiger partial charge on any atom is -0.497 e. The summed E-state index contributed by atoms with van der Waals surface area (Å²) in [7, 11) is 4.48. The first-order valence-corrected chi connectivity index (χ1v) is 6.68. The van der Waals surface area contributed by atoms with Crippen LogP contribution in [0.15, 0.2) is 36.4 Å². The molecule has 0 radical (unpaired) electrons. The Morgan fingerprint density at radius 3 is 2.36 bits per heavy atom. The fraction of sp³-hybridized carbons (Fsp3) is 0.250. The van der Waals surface area contributed by atoms with Crippen molar-refractivity contribution in [3.05, 3.63) is 47.5 Å². The zero-order chi connectivity index (χ0) is 15.9. The Kier molecular flexibility index (Phi) is 5.19. The summed E-state index contributed by atoms with van der Waals surface area (Å²) in [4.78, 5) is 16.0. The molecule has 1 aromatic heterocycles. The minimum absolute atomic E-state index is 0.358. The second-order valence-corrected chi connectivity index (χ2v) is 4.44. The normalized spacial score (nSPS) is 9.95. The highest BCUT2D eigenvalue weighted by Gasteiger charge is 2.14. The van der Waals surface area contributed by atoms with Crippen molar-refractivity contribution in [1.82, 2.24) is 4.98 Å². The second-order valence-electron chi connectivity index (χ2n) is 4.44. The molecular weight excluding hydrogens is 284 g/mol. The maximum absolute atomic E-state index is 11.8. The van der Waals surface area contributed by atoms with E-state index in [0.717, 1.165) is 11.3 Å². The highest BCUT2D eigenvalue weighted by molar-refractivity contribution is 5.94. The summed E-state index contributed by atoms with van der Waals surface area (Å²) in [5, 5.41) is 3.12. The van der Waals surface area contributed by atoms with Gasteiger partial charge in [0.15, 0.2) is 0 Å². The van der Waals surface area contributed by atoms with Gasteiger partial charge in [-0.25, -0.2) is 4.79 Å². The van der Waals surface area contributed by atoms with Crippen LogP contribution in [-0.4, -0.2) is 32.3 Å². The highest BCUT2D eigenvalue weighted by Crippen LogP contribution is 2.20. The van der Waals surface area contributed by atoms with Gasteiger partial charge < -0.3 is 19.5 Å². The first-order chi connectivity index (χ1) is 10.7. The van der Waals surface area contributed by atoms with Crippen LogP contribution < -0.4 is 14.8 Å². The van der Waals surface area contributed by atoms with Crippen molar-refractivity contribution in [3.8, 4) is 11.6 Å². The third-order valence-corrected chi connectivity index (χ3v) is 3.10. The maximum atomic E-state index is 11.8. The van der Waals surface area contributed by atoms with E-state index in [4.69, 9.17) is 14.2 Å². The number of hydrogen-bond acceptors (Lipinski definition) is 6. The summed E-state index contributed by atoms with van der Waals surface area (Å²) < 4.78 is 15.0. The molecule has 116 valence electrons. The van der Waals surface area contributed by atoms with Crippen LogP contribution in [0.4, 0.5) is 5.82 Å². The number of benzene rings is 1. The van der Waals surface area contributed by atoms with Crippen molar-refractivity contribution in [2.24, 2.45) is 0 Å². The largest absolute Gasteiger partial charge is 0.497 e. The Labute approximate surface area is 129 Å². The topological polar surface area (TPSA) is 69.7 Å². The van der Waals surface area contributed by atoms with Gasteiger partial charge in [-0.1, -0.05) is 12.1 Å². The van der Waals surface area contributed by atoms with Crippen LogP contribution in [0.5, 0.6) is 11.6 Å². The monoisotopic (exact) mass is 302 g/mol. The van der Waals surface area contributed by atoms with Crippen LogP contribution in [0.2, 0.25) is 0 Å². The molecule has 6 nitrogen and oxygen atoms in total. The molecule has 0 unspecified atom stereocenters. The lowest BCUT2D eigenvalue weighted by Crippen LogP contribution is -2.10. The molecule has 1 heterocycles. The van der Waals surface area contributed by atoms with Gasteiger partial charge >= 0.3 is 5.97 Å². The Balaban J connectivity index is 2.17. The molecule has 0 aliphatic carbocycles. The summed E-state index contributed by atoms with van der Waals surface area (Å²) in [6, 6.07) is 10.8. The van der Waals surface area contributed by atoms with Gasteiger partial charge in [0.1, 0.15) is 17.1 Å². The Bertz CT molecular complexity index is 641. The average Bonchev–Trinajstić information content (AvgIpc) is 2.59.